The Kier molecular flexibility index (Phi) is 5.68. The van der Waals surface area contributed by atoms with Crippen molar-refractivity contribution in [3.05, 3.63) is 36.2 Å². The molecule has 0 bridgehead atoms. The van der Waals surface area contributed by atoms with Crippen molar-refractivity contribution < 1.29 is 19.1 Å². The van der Waals surface area contributed by atoms with Crippen LogP contribution in [0.25, 0.3) is 0 Å². The molecule has 2 fully saturated rings. The van der Waals surface area contributed by atoms with E-state index in [-0.39, 0.29) is 17.4 Å². The second kappa shape index (κ2) is 8.45. The number of carbonyl (C=O) groups excluding carboxylic acids is 3. The molecule has 0 atom stereocenters. The summed E-state index contributed by atoms with van der Waals surface area (Å²) in [6.07, 6.45) is 5.05. The number of pyridine rings is 2. The zero-order valence-corrected chi connectivity index (χ0v) is 18.3. The number of nitrogens with one attached hydrogen (secondary N) is 2. The maximum Gasteiger partial charge on any atom is 0.329 e. The number of aryl methyl sites for hydroxylation is 1. The molecule has 0 unspecified atom stereocenters. The van der Waals surface area contributed by atoms with Crippen LogP contribution in [0.1, 0.15) is 31.4 Å². The van der Waals surface area contributed by atoms with Crippen LogP contribution in [-0.2, 0) is 4.79 Å². The highest BCUT2D eigenvalue weighted by molar-refractivity contribution is 6.04. The van der Waals surface area contributed by atoms with Gasteiger partial charge in [0.15, 0.2) is 0 Å². The fourth-order valence-corrected chi connectivity index (χ4v) is 3.88. The Bertz CT molecular complexity index is 1070. The third-order valence-corrected chi connectivity index (χ3v) is 5.94. The van der Waals surface area contributed by atoms with Gasteiger partial charge in [-0.15, -0.1) is 0 Å². The van der Waals surface area contributed by atoms with Crippen molar-refractivity contribution in [2.24, 2.45) is 5.41 Å². The minimum Gasteiger partial charge on any atom is -0.455 e. The first kappa shape index (κ1) is 21.5. The zero-order valence-electron chi connectivity index (χ0n) is 18.3. The molecule has 4 rings (SSSR count). The number of urea groups is 2. The summed E-state index contributed by atoms with van der Waals surface area (Å²) in [6, 6.07) is 5.83. The number of rotatable bonds is 4. The monoisotopic (exact) mass is 438 g/mol. The van der Waals surface area contributed by atoms with Gasteiger partial charge in [-0.05, 0) is 44.4 Å². The number of hydrogen-bond donors (Lipinski definition) is 2. The number of ether oxygens (including phenoxy) is 1. The molecule has 32 heavy (non-hydrogen) atoms. The van der Waals surface area contributed by atoms with Crippen LogP contribution in [0.2, 0.25) is 0 Å². The number of amides is 5. The predicted molar refractivity (Wildman–Crippen MR) is 118 cm³/mol. The number of anilines is 2. The molecule has 10 nitrogen and oxygen atoms in total. The summed E-state index contributed by atoms with van der Waals surface area (Å²) in [5.41, 5.74) is 0.245. The van der Waals surface area contributed by atoms with E-state index in [9.17, 15) is 14.4 Å². The number of nitrogens with zero attached hydrogens (tertiary/aromatic N) is 4. The molecule has 1 spiro atoms. The van der Waals surface area contributed by atoms with E-state index < -0.39 is 6.03 Å². The summed E-state index contributed by atoms with van der Waals surface area (Å²) in [5, 5.41) is 5.37. The highest BCUT2D eigenvalue weighted by atomic mass is 16.5. The van der Waals surface area contributed by atoms with Crippen LogP contribution in [0.15, 0.2) is 30.5 Å². The van der Waals surface area contributed by atoms with Gasteiger partial charge in [0.1, 0.15) is 23.1 Å². The number of likely N-dealkylation sites (tertiary alicyclic amines) is 1. The van der Waals surface area contributed by atoms with Crippen LogP contribution >= 0.6 is 0 Å². The van der Waals surface area contributed by atoms with Gasteiger partial charge in [0.25, 0.3) is 0 Å². The molecule has 10 heteroatoms. The molecule has 2 aromatic rings. The molecule has 168 valence electrons. The lowest BCUT2D eigenvalue weighted by Crippen LogP contribution is -2.43. The molecule has 5 amide bonds. The fourth-order valence-electron chi connectivity index (χ4n) is 3.88. The molecule has 1 saturated carbocycles. The third-order valence-electron chi connectivity index (χ3n) is 5.94. The molecular formula is C22H26N6O4. The number of aromatic nitrogens is 2. The maximum absolute atomic E-state index is 12.6. The van der Waals surface area contributed by atoms with Gasteiger partial charge in [-0.1, -0.05) is 6.42 Å². The first-order valence-corrected chi connectivity index (χ1v) is 10.5. The Morgan fingerprint density at radius 3 is 2.53 bits per heavy atom. The molecule has 0 radical (unpaired) electrons. The minimum absolute atomic E-state index is 0.0761. The van der Waals surface area contributed by atoms with Gasteiger partial charge in [0.05, 0.1) is 11.1 Å². The van der Waals surface area contributed by atoms with E-state index in [1.807, 2.05) is 0 Å². The molecular weight excluding hydrogens is 412 g/mol. The summed E-state index contributed by atoms with van der Waals surface area (Å²) in [6.45, 7) is 2.20. The average Bonchev–Trinajstić information content (AvgIpc) is 3.08. The Hall–Kier alpha value is -3.69. The van der Waals surface area contributed by atoms with E-state index in [0.29, 0.717) is 35.4 Å². The van der Waals surface area contributed by atoms with E-state index in [1.165, 1.54) is 16.0 Å². The van der Waals surface area contributed by atoms with Crippen LogP contribution in [0, 0.1) is 12.3 Å². The van der Waals surface area contributed by atoms with Crippen molar-refractivity contribution in [1.29, 1.82) is 0 Å². The fraction of sp³-hybridized carbons (Fsp3) is 0.409. The smallest absolute Gasteiger partial charge is 0.329 e. The molecule has 1 aliphatic heterocycles. The van der Waals surface area contributed by atoms with Crippen molar-refractivity contribution in [3.8, 4) is 11.5 Å². The number of hydrogen-bond acceptors (Lipinski definition) is 6. The van der Waals surface area contributed by atoms with E-state index in [2.05, 4.69) is 20.6 Å². The Labute approximate surface area is 186 Å². The molecule has 1 aliphatic carbocycles. The van der Waals surface area contributed by atoms with Crippen LogP contribution in [0.5, 0.6) is 11.5 Å². The lowest BCUT2D eigenvalue weighted by Gasteiger charge is -2.35. The standard InChI is InChI=1S/C22H26N6O4/c1-14-16(32-15-7-11-23-18(13-15)26-20(30)27(2)3)5-6-17(24-14)25-21(31)28-12-10-22(19(28)29)8-4-9-22/h5-7,11,13H,4,8-10,12H2,1-3H3,(H,23,26,30)(H,24,25,31). The first-order valence-electron chi connectivity index (χ1n) is 10.5. The van der Waals surface area contributed by atoms with Crippen molar-refractivity contribution in [2.45, 2.75) is 32.6 Å². The molecule has 2 N–H and O–H groups in total. The molecule has 2 aromatic heterocycles. The van der Waals surface area contributed by atoms with Gasteiger partial charge in [-0.2, -0.15) is 0 Å². The van der Waals surface area contributed by atoms with Gasteiger partial charge >= 0.3 is 12.1 Å². The Balaban J connectivity index is 1.40. The quantitative estimate of drug-likeness (QED) is 0.753. The molecule has 2 aliphatic rings. The van der Waals surface area contributed by atoms with Crippen molar-refractivity contribution in [1.82, 2.24) is 19.8 Å². The lowest BCUT2D eigenvalue weighted by molar-refractivity contribution is -0.137. The molecule has 3 heterocycles. The lowest BCUT2D eigenvalue weighted by atomic mass is 9.68. The molecule has 1 saturated heterocycles. The second-order valence-electron chi connectivity index (χ2n) is 8.35. The highest BCUT2D eigenvalue weighted by Crippen LogP contribution is 2.49. The summed E-state index contributed by atoms with van der Waals surface area (Å²) in [5.74, 6) is 1.59. The van der Waals surface area contributed by atoms with Gasteiger partial charge in [0, 0.05) is 32.9 Å². The predicted octanol–water partition coefficient (Wildman–Crippen LogP) is 3.61. The number of carbonyl (C=O) groups is 3. The summed E-state index contributed by atoms with van der Waals surface area (Å²) < 4.78 is 5.87. The Morgan fingerprint density at radius 1 is 1.12 bits per heavy atom. The summed E-state index contributed by atoms with van der Waals surface area (Å²) in [4.78, 5) is 48.2. The van der Waals surface area contributed by atoms with E-state index >= 15 is 0 Å². The van der Waals surface area contributed by atoms with E-state index in [0.717, 1.165) is 25.7 Å². The summed E-state index contributed by atoms with van der Waals surface area (Å²) in [7, 11) is 3.27. The SMILES string of the molecule is Cc1nc(NC(=O)N2CCC3(CCC3)C2=O)ccc1Oc1ccnc(NC(=O)N(C)C)c1. The van der Waals surface area contributed by atoms with Crippen molar-refractivity contribution in [3.63, 3.8) is 0 Å². The third kappa shape index (κ3) is 4.20. The van der Waals surface area contributed by atoms with Gasteiger partial charge in [-0.25, -0.2) is 19.6 Å². The van der Waals surface area contributed by atoms with Crippen LogP contribution in [-0.4, -0.2) is 58.4 Å². The highest BCUT2D eigenvalue weighted by Gasteiger charge is 2.52. The van der Waals surface area contributed by atoms with Crippen LogP contribution in [0.4, 0.5) is 21.2 Å². The molecule has 0 aromatic carbocycles. The summed E-state index contributed by atoms with van der Waals surface area (Å²) >= 11 is 0. The van der Waals surface area contributed by atoms with Crippen molar-refractivity contribution >= 4 is 29.6 Å². The van der Waals surface area contributed by atoms with Crippen LogP contribution in [0.3, 0.4) is 0 Å². The van der Waals surface area contributed by atoms with Gasteiger partial charge in [-0.3, -0.25) is 20.3 Å². The number of imide groups is 1. The van der Waals surface area contributed by atoms with Gasteiger partial charge < -0.3 is 9.64 Å². The zero-order chi connectivity index (χ0) is 22.9. The largest absolute Gasteiger partial charge is 0.455 e. The van der Waals surface area contributed by atoms with E-state index in [4.69, 9.17) is 4.74 Å². The normalized spacial score (nSPS) is 16.5. The average molecular weight is 438 g/mol. The first-order chi connectivity index (χ1) is 15.3. The van der Waals surface area contributed by atoms with Crippen LogP contribution < -0.4 is 15.4 Å². The Morgan fingerprint density at radius 2 is 1.91 bits per heavy atom. The minimum atomic E-state index is -0.449. The maximum atomic E-state index is 12.6. The second-order valence-corrected chi connectivity index (χ2v) is 8.35. The van der Waals surface area contributed by atoms with E-state index in [1.54, 1.807) is 45.3 Å². The van der Waals surface area contributed by atoms with Gasteiger partial charge in [0.2, 0.25) is 5.91 Å². The van der Waals surface area contributed by atoms with Crippen molar-refractivity contribution in [2.75, 3.05) is 31.3 Å². The topological polar surface area (TPSA) is 117 Å².